The standard InChI is InChI=1S/2C2H3.Sn.2H/c2*1-2;;;/h2*1H,2H2;;;. The van der Waals surface area contributed by atoms with Crippen molar-refractivity contribution in [1.82, 2.24) is 0 Å². The SMILES string of the molecule is C=[CH][SnH2][CH]=C. The summed E-state index contributed by atoms with van der Waals surface area (Å²) in [6, 6.07) is 0. The van der Waals surface area contributed by atoms with Gasteiger partial charge in [0.05, 0.1) is 0 Å². The molecule has 0 spiro atoms. The van der Waals surface area contributed by atoms with Crippen molar-refractivity contribution in [3.05, 3.63) is 21.3 Å². The third-order valence-electron chi connectivity index (χ3n) is 0.333. The van der Waals surface area contributed by atoms with Gasteiger partial charge in [-0.2, -0.15) is 0 Å². The molecule has 0 aliphatic heterocycles. The summed E-state index contributed by atoms with van der Waals surface area (Å²) < 4.78 is 4.04. The van der Waals surface area contributed by atoms with Crippen LogP contribution in [0, 0.1) is 0 Å². The van der Waals surface area contributed by atoms with Crippen LogP contribution in [-0.4, -0.2) is 21.1 Å². The maximum atomic E-state index is 3.57. The summed E-state index contributed by atoms with van der Waals surface area (Å²) >= 11 is -0.530. The Morgan fingerprint density at radius 3 is 1.60 bits per heavy atom. The van der Waals surface area contributed by atoms with Gasteiger partial charge in [-0.3, -0.25) is 0 Å². The molecule has 0 aliphatic rings. The predicted octanol–water partition coefficient (Wildman–Crippen LogP) is 0.442. The number of hydrogen-bond donors (Lipinski definition) is 0. The Balaban J connectivity index is 2.65. The van der Waals surface area contributed by atoms with Crippen LogP contribution in [0.25, 0.3) is 0 Å². The van der Waals surface area contributed by atoms with E-state index in [2.05, 4.69) is 13.2 Å². The summed E-state index contributed by atoms with van der Waals surface area (Å²) in [5.41, 5.74) is 0. The summed E-state index contributed by atoms with van der Waals surface area (Å²) in [7, 11) is 0. The van der Waals surface area contributed by atoms with Crippen molar-refractivity contribution in [1.29, 1.82) is 0 Å². The van der Waals surface area contributed by atoms with E-state index in [1.54, 1.807) is 0 Å². The van der Waals surface area contributed by atoms with Crippen LogP contribution >= 0.6 is 0 Å². The van der Waals surface area contributed by atoms with Gasteiger partial charge in [-0.1, -0.05) is 0 Å². The quantitative estimate of drug-likeness (QED) is 0.534. The fraction of sp³-hybridized carbons (Fsp3) is 0. The van der Waals surface area contributed by atoms with Crippen molar-refractivity contribution in [3.8, 4) is 0 Å². The summed E-state index contributed by atoms with van der Waals surface area (Å²) in [6.07, 6.45) is 0. The maximum absolute atomic E-state index is 3.57. The molecule has 0 atom stereocenters. The first kappa shape index (κ1) is 5.28. The van der Waals surface area contributed by atoms with Crippen molar-refractivity contribution in [2.75, 3.05) is 0 Å². The molecule has 0 amide bonds. The van der Waals surface area contributed by atoms with Crippen LogP contribution in [0.3, 0.4) is 0 Å². The van der Waals surface area contributed by atoms with Crippen molar-refractivity contribution in [3.63, 3.8) is 0 Å². The van der Waals surface area contributed by atoms with Gasteiger partial charge in [0.25, 0.3) is 0 Å². The minimum absolute atomic E-state index is 0.530. The average Bonchev–Trinajstić information content (AvgIpc) is 1.41. The Kier molecular flexibility index (Phi) is 4.52. The van der Waals surface area contributed by atoms with Crippen LogP contribution in [0.5, 0.6) is 0 Å². The topological polar surface area (TPSA) is 0 Å². The molecule has 0 heterocycles. The van der Waals surface area contributed by atoms with Crippen molar-refractivity contribution in [2.45, 2.75) is 0 Å². The summed E-state index contributed by atoms with van der Waals surface area (Å²) in [5.74, 6) is 0. The molecule has 0 aliphatic carbocycles. The van der Waals surface area contributed by atoms with Crippen LogP contribution < -0.4 is 0 Å². The fourth-order valence-electron chi connectivity index (χ4n) is 0.118. The first-order chi connectivity index (χ1) is 2.41. The average molecular weight is 175 g/mol. The van der Waals surface area contributed by atoms with Crippen LogP contribution in [0.1, 0.15) is 0 Å². The molecule has 0 unspecified atom stereocenters. The summed E-state index contributed by atoms with van der Waals surface area (Å²) in [5, 5.41) is 0. The van der Waals surface area contributed by atoms with Crippen LogP contribution in [0.4, 0.5) is 0 Å². The first-order valence-electron chi connectivity index (χ1n) is 1.63. The van der Waals surface area contributed by atoms with Gasteiger partial charge in [-0.15, -0.1) is 0 Å². The van der Waals surface area contributed by atoms with Gasteiger partial charge in [-0.05, 0) is 0 Å². The molecule has 0 aromatic carbocycles. The molecule has 0 N–H and O–H groups in total. The van der Waals surface area contributed by atoms with Gasteiger partial charge >= 0.3 is 42.5 Å². The number of rotatable bonds is 2. The summed E-state index contributed by atoms with van der Waals surface area (Å²) in [6.45, 7) is 7.14. The van der Waals surface area contributed by atoms with E-state index in [0.717, 1.165) is 0 Å². The second kappa shape index (κ2) is 4.28. The Hall–Kier alpha value is 0.279. The first-order valence-corrected chi connectivity index (χ1v) is 6.29. The molecule has 0 saturated carbocycles. The van der Waals surface area contributed by atoms with Gasteiger partial charge < -0.3 is 0 Å². The zero-order chi connectivity index (χ0) is 4.12. The van der Waals surface area contributed by atoms with E-state index in [1.165, 1.54) is 0 Å². The zero-order valence-electron chi connectivity index (χ0n) is 3.28. The molecule has 1 heteroatoms. The molecule has 0 fully saturated rings. The van der Waals surface area contributed by atoms with E-state index in [9.17, 15) is 0 Å². The molecule has 28 valence electrons. The molecule has 0 nitrogen and oxygen atoms in total. The zero-order valence-corrected chi connectivity index (χ0v) is 7.31. The van der Waals surface area contributed by atoms with Gasteiger partial charge in [-0.25, -0.2) is 0 Å². The Labute approximate surface area is 42.8 Å². The van der Waals surface area contributed by atoms with E-state index >= 15 is 0 Å². The normalized spacial score (nSPS) is 6.40. The second-order valence-corrected chi connectivity index (χ2v) is 5.45. The van der Waals surface area contributed by atoms with E-state index in [4.69, 9.17) is 0 Å². The molecule has 5 heavy (non-hydrogen) atoms. The Bertz CT molecular complexity index is 32.9. The molecule has 0 rings (SSSR count). The molecule has 0 radical (unpaired) electrons. The van der Waals surface area contributed by atoms with Crippen molar-refractivity contribution in [2.24, 2.45) is 0 Å². The Morgan fingerprint density at radius 2 is 1.60 bits per heavy atom. The fourth-order valence-corrected chi connectivity index (χ4v) is 0.791. The molecule has 0 bridgehead atoms. The molecule has 0 aromatic rings. The molecule has 0 aromatic heterocycles. The number of hydrogen-bond acceptors (Lipinski definition) is 0. The van der Waals surface area contributed by atoms with Gasteiger partial charge in [0.15, 0.2) is 0 Å². The van der Waals surface area contributed by atoms with Crippen LogP contribution in [-0.2, 0) is 0 Å². The van der Waals surface area contributed by atoms with Gasteiger partial charge in [0.2, 0.25) is 0 Å². The van der Waals surface area contributed by atoms with Crippen LogP contribution in [0.15, 0.2) is 21.3 Å². The third-order valence-corrected chi connectivity index (χ3v) is 2.24. The van der Waals surface area contributed by atoms with Gasteiger partial charge in [0, 0.05) is 0 Å². The van der Waals surface area contributed by atoms with E-state index < -0.39 is 21.1 Å². The van der Waals surface area contributed by atoms with Gasteiger partial charge in [0.1, 0.15) is 0 Å². The third kappa shape index (κ3) is 4.28. The van der Waals surface area contributed by atoms with E-state index in [0.29, 0.717) is 0 Å². The second-order valence-electron chi connectivity index (χ2n) is 0.813. The Morgan fingerprint density at radius 1 is 1.20 bits per heavy atom. The van der Waals surface area contributed by atoms with Crippen molar-refractivity contribution < 1.29 is 0 Å². The summed E-state index contributed by atoms with van der Waals surface area (Å²) in [4.78, 5) is 0. The van der Waals surface area contributed by atoms with Crippen molar-refractivity contribution >= 4 is 21.1 Å². The van der Waals surface area contributed by atoms with E-state index in [1.807, 2.05) is 8.18 Å². The van der Waals surface area contributed by atoms with E-state index in [-0.39, 0.29) is 0 Å². The molecule has 0 saturated heterocycles. The minimum atomic E-state index is -0.530. The monoisotopic (exact) mass is 176 g/mol. The molecular weight excluding hydrogens is 167 g/mol. The predicted molar refractivity (Wildman–Crippen MR) is 28.9 cm³/mol. The molecular formula is C4H8Sn. The van der Waals surface area contributed by atoms with Crippen LogP contribution in [0.2, 0.25) is 0 Å².